The van der Waals surface area contributed by atoms with E-state index in [0.29, 0.717) is 19.6 Å². The average Bonchev–Trinajstić information content (AvgIpc) is 2.40. The molecule has 0 fully saturated rings. The van der Waals surface area contributed by atoms with Gasteiger partial charge in [-0.25, -0.2) is 0 Å². The van der Waals surface area contributed by atoms with Gasteiger partial charge in [0.1, 0.15) is 5.75 Å². The number of alkyl halides is 1. The second-order valence-corrected chi connectivity index (χ2v) is 5.51. The van der Waals surface area contributed by atoms with Crippen molar-refractivity contribution in [1.29, 1.82) is 0 Å². The summed E-state index contributed by atoms with van der Waals surface area (Å²) >= 11 is 3.48. The lowest BCUT2D eigenvalue weighted by atomic mass is 10.1. The number of rotatable bonds is 8. The normalized spacial score (nSPS) is 11.9. The van der Waals surface area contributed by atoms with E-state index in [-0.39, 0.29) is 10.7 Å². The van der Waals surface area contributed by atoms with E-state index in [1.807, 2.05) is 24.3 Å². The molecule has 0 aromatic heterocycles. The summed E-state index contributed by atoms with van der Waals surface area (Å²) in [4.78, 5) is 12.0. The molecule has 1 aromatic rings. The van der Waals surface area contributed by atoms with Gasteiger partial charge in [0.15, 0.2) is 0 Å². The van der Waals surface area contributed by atoms with Crippen molar-refractivity contribution in [3.63, 3.8) is 0 Å². The van der Waals surface area contributed by atoms with Crippen molar-refractivity contribution < 1.29 is 14.3 Å². The van der Waals surface area contributed by atoms with E-state index in [2.05, 4.69) is 21.2 Å². The van der Waals surface area contributed by atoms with Gasteiger partial charge in [0.05, 0.1) is 20.1 Å². The second-order valence-electron chi connectivity index (χ2n) is 4.22. The lowest BCUT2D eigenvalue weighted by Gasteiger charge is -2.09. The first-order chi connectivity index (χ1) is 9.15. The Labute approximate surface area is 122 Å². The van der Waals surface area contributed by atoms with Gasteiger partial charge in [0.2, 0.25) is 5.91 Å². The van der Waals surface area contributed by atoms with Crippen molar-refractivity contribution in [3.8, 4) is 5.75 Å². The Morgan fingerprint density at radius 3 is 2.58 bits per heavy atom. The molecule has 0 aliphatic heterocycles. The fourth-order valence-electron chi connectivity index (χ4n) is 1.62. The predicted octanol–water partition coefficient (Wildman–Crippen LogP) is 2.15. The first-order valence-corrected chi connectivity index (χ1v) is 7.10. The summed E-state index contributed by atoms with van der Waals surface area (Å²) in [7, 11) is 3.29. The minimum atomic E-state index is 0.0299. The van der Waals surface area contributed by atoms with Gasteiger partial charge in [-0.05, 0) is 24.1 Å². The molecule has 0 heterocycles. The Balaban J connectivity index is 2.26. The average molecular weight is 330 g/mol. The topological polar surface area (TPSA) is 47.6 Å². The number of carbonyl (C=O) groups excluding carboxylic acids is 1. The summed E-state index contributed by atoms with van der Waals surface area (Å²) in [5.41, 5.74) is 0.977. The number of carbonyl (C=O) groups is 1. The van der Waals surface area contributed by atoms with Crippen LogP contribution < -0.4 is 10.1 Å². The van der Waals surface area contributed by atoms with Crippen molar-refractivity contribution in [2.45, 2.75) is 17.7 Å². The molecule has 1 aromatic carbocycles. The second kappa shape index (κ2) is 8.93. The highest BCUT2D eigenvalue weighted by molar-refractivity contribution is 9.09. The van der Waals surface area contributed by atoms with Gasteiger partial charge in [-0.15, -0.1) is 0 Å². The Morgan fingerprint density at radius 1 is 1.32 bits per heavy atom. The summed E-state index contributed by atoms with van der Waals surface area (Å²) in [6.45, 7) is 1.29. The molecule has 0 spiro atoms. The lowest BCUT2D eigenvalue weighted by Crippen LogP contribution is -2.28. The van der Waals surface area contributed by atoms with Gasteiger partial charge in [0, 0.05) is 18.5 Å². The van der Waals surface area contributed by atoms with Gasteiger partial charge in [0.25, 0.3) is 0 Å². The van der Waals surface area contributed by atoms with E-state index in [1.54, 1.807) is 14.2 Å². The quantitative estimate of drug-likeness (QED) is 0.743. The number of hydrogen-bond acceptors (Lipinski definition) is 3. The Hall–Kier alpha value is -1.07. The van der Waals surface area contributed by atoms with Gasteiger partial charge in [-0.2, -0.15) is 0 Å². The maximum absolute atomic E-state index is 11.7. The van der Waals surface area contributed by atoms with Crippen LogP contribution in [0.15, 0.2) is 24.3 Å². The molecule has 106 valence electrons. The molecule has 1 unspecified atom stereocenters. The molecule has 0 radical (unpaired) electrons. The maximum Gasteiger partial charge on any atom is 0.224 e. The Kier molecular flexibility index (Phi) is 7.52. The van der Waals surface area contributed by atoms with E-state index in [1.165, 1.54) is 0 Å². The van der Waals surface area contributed by atoms with Crippen LogP contribution in [0.5, 0.6) is 5.75 Å². The van der Waals surface area contributed by atoms with Crippen LogP contribution in [0.25, 0.3) is 0 Å². The lowest BCUT2D eigenvalue weighted by molar-refractivity contribution is -0.120. The molecule has 1 amide bonds. The molecule has 5 heteroatoms. The maximum atomic E-state index is 11.7. The van der Waals surface area contributed by atoms with Gasteiger partial charge in [-0.3, -0.25) is 4.79 Å². The molecular formula is C14H20BrNO3. The largest absolute Gasteiger partial charge is 0.497 e. The molecule has 4 nitrogen and oxygen atoms in total. The fraction of sp³-hybridized carbons (Fsp3) is 0.500. The van der Waals surface area contributed by atoms with Gasteiger partial charge in [-0.1, -0.05) is 28.1 Å². The summed E-state index contributed by atoms with van der Waals surface area (Å²) in [6.07, 6.45) is 1.24. The zero-order valence-corrected chi connectivity index (χ0v) is 12.9. The van der Waals surface area contributed by atoms with Crippen LogP contribution >= 0.6 is 15.9 Å². The third kappa shape index (κ3) is 6.59. The van der Waals surface area contributed by atoms with Crippen LogP contribution in [0.1, 0.15) is 12.0 Å². The van der Waals surface area contributed by atoms with Crippen molar-refractivity contribution in [1.82, 2.24) is 5.32 Å². The highest BCUT2D eigenvalue weighted by Crippen LogP contribution is 2.11. The zero-order chi connectivity index (χ0) is 14.1. The number of hydrogen-bond donors (Lipinski definition) is 1. The molecule has 1 N–H and O–H groups in total. The zero-order valence-electron chi connectivity index (χ0n) is 11.3. The Morgan fingerprint density at radius 2 is 2.00 bits per heavy atom. The smallest absolute Gasteiger partial charge is 0.224 e. The van der Waals surface area contributed by atoms with E-state index >= 15 is 0 Å². The number of ether oxygens (including phenoxy) is 2. The van der Waals surface area contributed by atoms with Crippen LogP contribution in [0.2, 0.25) is 0 Å². The number of methoxy groups -OCH3 is 2. The molecule has 19 heavy (non-hydrogen) atoms. The first kappa shape index (κ1) is 16.0. The molecule has 0 saturated heterocycles. The fourth-order valence-corrected chi connectivity index (χ4v) is 2.12. The van der Waals surface area contributed by atoms with Crippen LogP contribution in [0, 0.1) is 0 Å². The monoisotopic (exact) mass is 329 g/mol. The van der Waals surface area contributed by atoms with Crippen LogP contribution in [-0.2, 0) is 16.0 Å². The van der Waals surface area contributed by atoms with Crippen LogP contribution in [0.4, 0.5) is 0 Å². The summed E-state index contributed by atoms with van der Waals surface area (Å²) < 4.78 is 10.1. The van der Waals surface area contributed by atoms with Gasteiger partial charge < -0.3 is 14.8 Å². The number of halogens is 1. The van der Waals surface area contributed by atoms with E-state index in [9.17, 15) is 4.79 Å². The van der Waals surface area contributed by atoms with E-state index < -0.39 is 0 Å². The first-order valence-electron chi connectivity index (χ1n) is 6.18. The van der Waals surface area contributed by atoms with Crippen molar-refractivity contribution in [3.05, 3.63) is 29.8 Å². The molecule has 0 aliphatic rings. The highest BCUT2D eigenvalue weighted by atomic mass is 79.9. The molecular weight excluding hydrogens is 310 g/mol. The predicted molar refractivity (Wildman–Crippen MR) is 78.9 cm³/mol. The molecule has 0 aliphatic carbocycles. The summed E-state index contributed by atoms with van der Waals surface area (Å²) in [5.74, 6) is 0.827. The summed E-state index contributed by atoms with van der Waals surface area (Å²) in [6, 6.07) is 7.51. The number of amides is 1. The minimum Gasteiger partial charge on any atom is -0.497 e. The number of benzene rings is 1. The standard InChI is InChI=1S/C14H20BrNO3/c1-18-10-12(15)7-8-16-14(17)9-11-3-5-13(19-2)6-4-11/h3-6,12H,7-10H2,1-2H3,(H,16,17). The van der Waals surface area contributed by atoms with Crippen molar-refractivity contribution in [2.24, 2.45) is 0 Å². The van der Waals surface area contributed by atoms with E-state index in [4.69, 9.17) is 9.47 Å². The SMILES string of the molecule is COCC(Br)CCNC(=O)Cc1ccc(OC)cc1. The molecule has 0 bridgehead atoms. The van der Waals surface area contributed by atoms with Crippen molar-refractivity contribution >= 4 is 21.8 Å². The van der Waals surface area contributed by atoms with Crippen LogP contribution in [0.3, 0.4) is 0 Å². The third-order valence-electron chi connectivity index (χ3n) is 2.65. The summed E-state index contributed by atoms with van der Waals surface area (Å²) in [5, 5.41) is 2.89. The van der Waals surface area contributed by atoms with Gasteiger partial charge >= 0.3 is 0 Å². The minimum absolute atomic E-state index is 0.0299. The molecule has 1 atom stereocenters. The Bertz CT molecular complexity index is 381. The highest BCUT2D eigenvalue weighted by Gasteiger charge is 2.06. The van der Waals surface area contributed by atoms with Crippen LogP contribution in [-0.4, -0.2) is 38.1 Å². The molecule has 1 rings (SSSR count). The number of nitrogens with one attached hydrogen (secondary N) is 1. The van der Waals surface area contributed by atoms with Crippen molar-refractivity contribution in [2.75, 3.05) is 27.4 Å². The third-order valence-corrected chi connectivity index (χ3v) is 3.37. The van der Waals surface area contributed by atoms with E-state index in [0.717, 1.165) is 17.7 Å². The molecule has 0 saturated carbocycles.